The van der Waals surface area contributed by atoms with Crippen LogP contribution in [0, 0.1) is 0 Å². The van der Waals surface area contributed by atoms with Gasteiger partial charge in [-0.15, -0.1) is 0 Å². The molecule has 0 bridgehead atoms. The molecule has 2 aromatic carbocycles. The first-order valence-electron chi connectivity index (χ1n) is 9.20. The van der Waals surface area contributed by atoms with Crippen LogP contribution in [0.15, 0.2) is 65.3 Å². The summed E-state index contributed by atoms with van der Waals surface area (Å²) in [5, 5.41) is 5.71. The Labute approximate surface area is 164 Å². The molecule has 6 heteroatoms. The summed E-state index contributed by atoms with van der Waals surface area (Å²) in [6.07, 6.45) is 1.67. The molecule has 3 rings (SSSR count). The molecule has 144 valence electrons. The average Bonchev–Trinajstić information content (AvgIpc) is 3.00. The van der Waals surface area contributed by atoms with E-state index in [1.54, 1.807) is 25.1 Å². The second kappa shape index (κ2) is 8.99. The number of hydrazone groups is 1. The van der Waals surface area contributed by atoms with Crippen molar-refractivity contribution in [2.75, 3.05) is 18.2 Å². The zero-order chi connectivity index (χ0) is 19.9. The Balaban J connectivity index is 1.93. The van der Waals surface area contributed by atoms with E-state index < -0.39 is 5.97 Å². The number of carbonyl (C=O) groups is 2. The molecule has 0 atom stereocenters. The summed E-state index contributed by atoms with van der Waals surface area (Å²) in [7, 11) is 0. The van der Waals surface area contributed by atoms with Gasteiger partial charge in [-0.2, -0.15) is 10.1 Å². The van der Waals surface area contributed by atoms with Gasteiger partial charge in [-0.05, 0) is 49.8 Å². The third kappa shape index (κ3) is 4.46. The van der Waals surface area contributed by atoms with E-state index in [4.69, 9.17) is 9.47 Å². The predicted molar refractivity (Wildman–Crippen MR) is 108 cm³/mol. The van der Waals surface area contributed by atoms with E-state index in [9.17, 15) is 9.59 Å². The summed E-state index contributed by atoms with van der Waals surface area (Å²) in [6, 6.07) is 16.5. The molecule has 2 aromatic rings. The number of anilines is 1. The lowest BCUT2D eigenvalue weighted by Crippen LogP contribution is -2.21. The third-order valence-electron chi connectivity index (χ3n) is 4.07. The second-order valence-corrected chi connectivity index (χ2v) is 6.04. The highest BCUT2D eigenvalue weighted by Gasteiger charge is 2.32. The average molecular weight is 378 g/mol. The number of ether oxygens (including phenoxy) is 2. The van der Waals surface area contributed by atoms with E-state index in [0.29, 0.717) is 23.6 Å². The number of esters is 1. The van der Waals surface area contributed by atoms with Crippen LogP contribution in [0.3, 0.4) is 0 Å². The molecule has 28 heavy (non-hydrogen) atoms. The summed E-state index contributed by atoms with van der Waals surface area (Å²) in [6.45, 7) is 4.53. The van der Waals surface area contributed by atoms with Gasteiger partial charge in [-0.25, -0.2) is 0 Å². The van der Waals surface area contributed by atoms with Crippen molar-refractivity contribution in [3.63, 3.8) is 0 Å². The molecule has 0 radical (unpaired) electrons. The van der Waals surface area contributed by atoms with Gasteiger partial charge in [0, 0.05) is 0 Å². The highest BCUT2D eigenvalue weighted by atomic mass is 16.5. The number of amides is 1. The van der Waals surface area contributed by atoms with Crippen molar-refractivity contribution in [3.05, 3.63) is 65.7 Å². The van der Waals surface area contributed by atoms with E-state index >= 15 is 0 Å². The maximum absolute atomic E-state index is 13.0. The topological polar surface area (TPSA) is 68.2 Å². The first kappa shape index (κ1) is 19.4. The Kier molecular flexibility index (Phi) is 6.22. The number of carbonyl (C=O) groups excluding carboxylic acids is 2. The zero-order valence-corrected chi connectivity index (χ0v) is 15.9. The molecule has 1 amide bonds. The molecule has 0 N–H and O–H groups in total. The van der Waals surface area contributed by atoms with Crippen LogP contribution in [0.5, 0.6) is 5.75 Å². The van der Waals surface area contributed by atoms with Crippen LogP contribution in [0.4, 0.5) is 5.69 Å². The Hall–Kier alpha value is -3.41. The van der Waals surface area contributed by atoms with E-state index in [2.05, 4.69) is 5.10 Å². The fourth-order valence-electron chi connectivity index (χ4n) is 2.82. The second-order valence-electron chi connectivity index (χ2n) is 6.04. The van der Waals surface area contributed by atoms with Crippen LogP contribution in [-0.2, 0) is 14.3 Å². The molecule has 1 aliphatic rings. The summed E-state index contributed by atoms with van der Waals surface area (Å²) in [5.74, 6) is 0.0645. The Morgan fingerprint density at radius 3 is 2.39 bits per heavy atom. The number of benzene rings is 2. The highest BCUT2D eigenvalue weighted by Crippen LogP contribution is 2.26. The monoisotopic (exact) mass is 378 g/mol. The Morgan fingerprint density at radius 1 is 1.04 bits per heavy atom. The first-order valence-corrected chi connectivity index (χ1v) is 9.20. The lowest BCUT2D eigenvalue weighted by Gasteiger charge is -2.11. The maximum atomic E-state index is 13.0. The van der Waals surface area contributed by atoms with Gasteiger partial charge in [0.05, 0.1) is 36.6 Å². The maximum Gasteiger partial charge on any atom is 0.311 e. The van der Waals surface area contributed by atoms with E-state index in [1.165, 1.54) is 5.01 Å². The van der Waals surface area contributed by atoms with Gasteiger partial charge >= 0.3 is 5.97 Å². The van der Waals surface area contributed by atoms with Crippen LogP contribution in [0.25, 0.3) is 6.08 Å². The van der Waals surface area contributed by atoms with Crippen LogP contribution in [-0.4, -0.2) is 30.8 Å². The quantitative estimate of drug-likeness (QED) is 0.542. The standard InChI is InChI=1S/C22H22N2O4/c1-3-27-18-12-10-16(11-13-18)14-19-20(15-21(25)28-4-2)23-24(22(19)26)17-8-6-5-7-9-17/h5-14H,3-4,15H2,1-2H3/b19-14-. The number of hydrogen-bond donors (Lipinski definition) is 0. The highest BCUT2D eigenvalue weighted by molar-refractivity contribution is 6.34. The molecular formula is C22H22N2O4. The van der Waals surface area contributed by atoms with Gasteiger partial charge in [0.25, 0.3) is 5.91 Å². The third-order valence-corrected chi connectivity index (χ3v) is 4.07. The Morgan fingerprint density at radius 2 is 1.75 bits per heavy atom. The summed E-state index contributed by atoms with van der Waals surface area (Å²) < 4.78 is 10.5. The SMILES string of the molecule is CCOC(=O)CC1=NN(c2ccccc2)C(=O)/C1=C\c1ccc(OCC)cc1. The van der Waals surface area contributed by atoms with Gasteiger partial charge in [0.15, 0.2) is 0 Å². The summed E-state index contributed by atoms with van der Waals surface area (Å²) in [5.41, 5.74) is 2.23. The fraction of sp³-hybridized carbons (Fsp3) is 0.227. The predicted octanol–water partition coefficient (Wildman–Crippen LogP) is 3.82. The van der Waals surface area contributed by atoms with Crippen molar-refractivity contribution in [1.29, 1.82) is 0 Å². The summed E-state index contributed by atoms with van der Waals surface area (Å²) >= 11 is 0. The minimum Gasteiger partial charge on any atom is -0.494 e. The molecule has 0 saturated heterocycles. The van der Waals surface area contributed by atoms with Crippen molar-refractivity contribution in [2.24, 2.45) is 5.10 Å². The number of hydrogen-bond acceptors (Lipinski definition) is 5. The summed E-state index contributed by atoms with van der Waals surface area (Å²) in [4.78, 5) is 25.0. The van der Waals surface area contributed by atoms with Crippen molar-refractivity contribution in [2.45, 2.75) is 20.3 Å². The fourth-order valence-corrected chi connectivity index (χ4v) is 2.82. The smallest absolute Gasteiger partial charge is 0.311 e. The first-order chi connectivity index (χ1) is 13.6. The van der Waals surface area contributed by atoms with Gasteiger partial charge in [-0.3, -0.25) is 9.59 Å². The molecule has 0 aliphatic carbocycles. The van der Waals surface area contributed by atoms with Crippen molar-refractivity contribution in [1.82, 2.24) is 0 Å². The zero-order valence-electron chi connectivity index (χ0n) is 15.9. The largest absolute Gasteiger partial charge is 0.494 e. The molecule has 0 saturated carbocycles. The Bertz CT molecular complexity index is 902. The normalized spacial score (nSPS) is 14.9. The van der Waals surface area contributed by atoms with E-state index in [1.807, 2.05) is 49.4 Å². The van der Waals surface area contributed by atoms with E-state index in [0.717, 1.165) is 11.3 Å². The van der Waals surface area contributed by atoms with Crippen molar-refractivity contribution >= 4 is 29.4 Å². The van der Waals surface area contributed by atoms with Crippen LogP contribution in [0.2, 0.25) is 0 Å². The molecule has 0 spiro atoms. The lowest BCUT2D eigenvalue weighted by atomic mass is 10.0. The van der Waals surface area contributed by atoms with Crippen LogP contribution < -0.4 is 9.75 Å². The minimum atomic E-state index is -0.415. The van der Waals surface area contributed by atoms with Gasteiger partial charge in [0.2, 0.25) is 0 Å². The van der Waals surface area contributed by atoms with Gasteiger partial charge < -0.3 is 9.47 Å². The molecule has 1 aliphatic heterocycles. The van der Waals surface area contributed by atoms with Crippen LogP contribution >= 0.6 is 0 Å². The number of rotatable bonds is 7. The minimum absolute atomic E-state index is 0.0637. The number of nitrogens with zero attached hydrogens (tertiary/aromatic N) is 2. The number of para-hydroxylation sites is 1. The molecule has 0 fully saturated rings. The van der Waals surface area contributed by atoms with Gasteiger partial charge in [-0.1, -0.05) is 30.3 Å². The van der Waals surface area contributed by atoms with Crippen LogP contribution in [0.1, 0.15) is 25.8 Å². The molecular weight excluding hydrogens is 356 g/mol. The molecule has 0 unspecified atom stereocenters. The van der Waals surface area contributed by atoms with Crippen molar-refractivity contribution in [3.8, 4) is 5.75 Å². The molecule has 6 nitrogen and oxygen atoms in total. The lowest BCUT2D eigenvalue weighted by molar-refractivity contribution is -0.141. The van der Waals surface area contributed by atoms with Crippen molar-refractivity contribution < 1.29 is 19.1 Å². The van der Waals surface area contributed by atoms with Gasteiger partial charge in [0.1, 0.15) is 5.75 Å². The molecule has 0 aromatic heterocycles. The van der Waals surface area contributed by atoms with E-state index in [-0.39, 0.29) is 18.9 Å². The molecule has 1 heterocycles.